The van der Waals surface area contributed by atoms with Gasteiger partial charge >= 0.3 is 0 Å². The van der Waals surface area contributed by atoms with Crippen molar-refractivity contribution in [1.82, 2.24) is 20.1 Å². The van der Waals surface area contributed by atoms with Gasteiger partial charge in [-0.05, 0) is 48.7 Å². The van der Waals surface area contributed by atoms with Crippen LogP contribution < -0.4 is 10.1 Å². The van der Waals surface area contributed by atoms with Crippen LogP contribution in [0.3, 0.4) is 0 Å². The van der Waals surface area contributed by atoms with Crippen molar-refractivity contribution in [1.29, 1.82) is 0 Å². The first-order valence-electron chi connectivity index (χ1n) is 10.9. The van der Waals surface area contributed by atoms with Crippen LogP contribution in [0.15, 0.2) is 48.8 Å². The van der Waals surface area contributed by atoms with Crippen LogP contribution in [0.1, 0.15) is 36.7 Å². The van der Waals surface area contributed by atoms with Crippen molar-refractivity contribution in [3.05, 3.63) is 59.9 Å². The van der Waals surface area contributed by atoms with Gasteiger partial charge in [0, 0.05) is 50.7 Å². The molecule has 1 saturated heterocycles. The van der Waals surface area contributed by atoms with Crippen LogP contribution in [0.5, 0.6) is 5.75 Å². The van der Waals surface area contributed by atoms with Gasteiger partial charge < -0.3 is 15.0 Å². The SMILES string of the molecule is CCOc1ccc(C(=O)NC(C(=O)N2CCN(Cc3cccnc3)CC2)C(C)C)cc1. The average molecular weight is 425 g/mol. The van der Waals surface area contributed by atoms with E-state index in [2.05, 4.69) is 21.3 Å². The summed E-state index contributed by atoms with van der Waals surface area (Å²) < 4.78 is 5.42. The number of carbonyl (C=O) groups excluding carboxylic acids is 2. The third-order valence-electron chi connectivity index (χ3n) is 5.46. The molecule has 1 atom stereocenters. The Morgan fingerprint density at radius 3 is 2.39 bits per heavy atom. The number of aromatic nitrogens is 1. The Hall–Kier alpha value is -2.93. The maximum Gasteiger partial charge on any atom is 0.251 e. The van der Waals surface area contributed by atoms with Crippen LogP contribution in [0.2, 0.25) is 0 Å². The van der Waals surface area contributed by atoms with E-state index in [9.17, 15) is 9.59 Å². The molecule has 1 N–H and O–H groups in total. The molecule has 0 radical (unpaired) electrons. The summed E-state index contributed by atoms with van der Waals surface area (Å²) in [7, 11) is 0. The monoisotopic (exact) mass is 424 g/mol. The second-order valence-corrected chi connectivity index (χ2v) is 8.12. The molecule has 0 spiro atoms. The largest absolute Gasteiger partial charge is 0.494 e. The topological polar surface area (TPSA) is 74.8 Å². The molecule has 1 unspecified atom stereocenters. The maximum atomic E-state index is 13.2. The van der Waals surface area contributed by atoms with Gasteiger partial charge in [-0.25, -0.2) is 0 Å². The molecular formula is C24H32N4O3. The number of piperazine rings is 1. The minimum absolute atomic E-state index is 0.00688. The highest BCUT2D eigenvalue weighted by atomic mass is 16.5. The lowest BCUT2D eigenvalue weighted by Crippen LogP contribution is -2.56. The number of amides is 2. The van der Waals surface area contributed by atoms with Crippen molar-refractivity contribution in [2.75, 3.05) is 32.8 Å². The van der Waals surface area contributed by atoms with E-state index in [4.69, 9.17) is 4.74 Å². The summed E-state index contributed by atoms with van der Waals surface area (Å²) in [5.74, 6) is 0.452. The fourth-order valence-corrected chi connectivity index (χ4v) is 3.68. The van der Waals surface area contributed by atoms with Crippen molar-refractivity contribution in [3.8, 4) is 5.75 Å². The number of ether oxygens (including phenoxy) is 1. The van der Waals surface area contributed by atoms with Gasteiger partial charge in [0.25, 0.3) is 5.91 Å². The molecule has 3 rings (SSSR count). The highest BCUT2D eigenvalue weighted by molar-refractivity contribution is 5.97. The van der Waals surface area contributed by atoms with E-state index in [1.54, 1.807) is 30.5 Å². The first-order valence-corrected chi connectivity index (χ1v) is 10.9. The minimum Gasteiger partial charge on any atom is -0.494 e. The summed E-state index contributed by atoms with van der Waals surface area (Å²) in [4.78, 5) is 34.3. The first-order chi connectivity index (χ1) is 15.0. The maximum absolute atomic E-state index is 13.2. The smallest absolute Gasteiger partial charge is 0.251 e. The Balaban J connectivity index is 1.56. The number of hydrogen-bond donors (Lipinski definition) is 1. The van der Waals surface area contributed by atoms with Crippen molar-refractivity contribution in [2.45, 2.75) is 33.4 Å². The van der Waals surface area contributed by atoms with Gasteiger partial charge in [-0.2, -0.15) is 0 Å². The van der Waals surface area contributed by atoms with Crippen molar-refractivity contribution >= 4 is 11.8 Å². The molecule has 7 heteroatoms. The third-order valence-corrected chi connectivity index (χ3v) is 5.46. The van der Waals surface area contributed by atoms with E-state index in [0.717, 1.165) is 25.4 Å². The van der Waals surface area contributed by atoms with Gasteiger partial charge in [0.15, 0.2) is 0 Å². The zero-order valence-electron chi connectivity index (χ0n) is 18.6. The van der Waals surface area contributed by atoms with Crippen LogP contribution >= 0.6 is 0 Å². The molecule has 1 aromatic heterocycles. The van der Waals surface area contributed by atoms with E-state index in [1.807, 2.05) is 37.9 Å². The molecule has 2 amide bonds. The normalized spacial score (nSPS) is 15.5. The highest BCUT2D eigenvalue weighted by Crippen LogP contribution is 2.15. The zero-order valence-corrected chi connectivity index (χ0v) is 18.6. The Labute approximate surface area is 184 Å². The van der Waals surface area contributed by atoms with E-state index >= 15 is 0 Å². The van der Waals surface area contributed by atoms with E-state index in [-0.39, 0.29) is 17.7 Å². The van der Waals surface area contributed by atoms with Crippen molar-refractivity contribution in [2.24, 2.45) is 5.92 Å². The lowest BCUT2D eigenvalue weighted by Gasteiger charge is -2.37. The summed E-state index contributed by atoms with van der Waals surface area (Å²) in [6.07, 6.45) is 3.65. The van der Waals surface area contributed by atoms with E-state index in [1.165, 1.54) is 5.56 Å². The van der Waals surface area contributed by atoms with E-state index in [0.29, 0.717) is 25.3 Å². The predicted molar refractivity (Wildman–Crippen MR) is 120 cm³/mol. The molecule has 0 aliphatic carbocycles. The van der Waals surface area contributed by atoms with Gasteiger partial charge in [0.2, 0.25) is 5.91 Å². The summed E-state index contributed by atoms with van der Waals surface area (Å²) in [5, 5.41) is 2.94. The van der Waals surface area contributed by atoms with Crippen LogP contribution in [0.25, 0.3) is 0 Å². The van der Waals surface area contributed by atoms with Crippen molar-refractivity contribution < 1.29 is 14.3 Å². The fourth-order valence-electron chi connectivity index (χ4n) is 3.68. The third kappa shape index (κ3) is 6.28. The summed E-state index contributed by atoms with van der Waals surface area (Å²) >= 11 is 0. The first kappa shape index (κ1) is 22.7. The quantitative estimate of drug-likeness (QED) is 0.705. The molecule has 2 aromatic rings. The summed E-state index contributed by atoms with van der Waals surface area (Å²) in [6, 6.07) is 10.4. The molecule has 1 fully saturated rings. The van der Waals surface area contributed by atoms with Crippen LogP contribution in [-0.2, 0) is 11.3 Å². The Morgan fingerprint density at radius 1 is 1.10 bits per heavy atom. The molecular weight excluding hydrogens is 392 g/mol. The molecule has 0 saturated carbocycles. The van der Waals surface area contributed by atoms with Gasteiger partial charge in [-0.3, -0.25) is 19.5 Å². The fraction of sp³-hybridized carbons (Fsp3) is 0.458. The lowest BCUT2D eigenvalue weighted by atomic mass is 10.0. The van der Waals surface area contributed by atoms with Gasteiger partial charge in [-0.15, -0.1) is 0 Å². The van der Waals surface area contributed by atoms with E-state index < -0.39 is 6.04 Å². The molecule has 1 aliphatic rings. The van der Waals surface area contributed by atoms with Gasteiger partial charge in [0.1, 0.15) is 11.8 Å². The Bertz CT molecular complexity index is 847. The predicted octanol–water partition coefficient (Wildman–Crippen LogP) is 2.58. The van der Waals surface area contributed by atoms with Crippen LogP contribution in [0.4, 0.5) is 0 Å². The molecule has 7 nitrogen and oxygen atoms in total. The van der Waals surface area contributed by atoms with Crippen LogP contribution in [-0.4, -0.2) is 65.4 Å². The van der Waals surface area contributed by atoms with Crippen LogP contribution in [0, 0.1) is 5.92 Å². The molecule has 166 valence electrons. The second kappa shape index (κ2) is 10.9. The molecule has 0 bridgehead atoms. The van der Waals surface area contributed by atoms with Crippen molar-refractivity contribution in [3.63, 3.8) is 0 Å². The number of carbonyl (C=O) groups is 2. The number of nitrogens with one attached hydrogen (secondary N) is 1. The Kier molecular flexibility index (Phi) is 8.00. The number of pyridine rings is 1. The number of nitrogens with zero attached hydrogens (tertiary/aromatic N) is 3. The molecule has 2 heterocycles. The minimum atomic E-state index is -0.552. The number of hydrogen-bond acceptors (Lipinski definition) is 5. The lowest BCUT2D eigenvalue weighted by molar-refractivity contribution is -0.136. The summed E-state index contributed by atoms with van der Waals surface area (Å²) in [5.41, 5.74) is 1.69. The molecule has 1 aromatic carbocycles. The van der Waals surface area contributed by atoms with Gasteiger partial charge in [0.05, 0.1) is 6.61 Å². The Morgan fingerprint density at radius 2 is 1.81 bits per heavy atom. The number of rotatable bonds is 8. The molecule has 31 heavy (non-hydrogen) atoms. The summed E-state index contributed by atoms with van der Waals surface area (Å²) in [6.45, 7) is 10.2. The molecule has 1 aliphatic heterocycles. The highest BCUT2D eigenvalue weighted by Gasteiger charge is 2.31. The zero-order chi connectivity index (χ0) is 22.2. The second-order valence-electron chi connectivity index (χ2n) is 8.12. The van der Waals surface area contributed by atoms with Gasteiger partial charge in [-0.1, -0.05) is 19.9 Å². The average Bonchev–Trinajstić information content (AvgIpc) is 2.78. The standard InChI is InChI=1S/C24H32N4O3/c1-4-31-21-9-7-20(8-10-21)23(29)26-22(18(2)3)24(30)28-14-12-27(13-15-28)17-19-6-5-11-25-16-19/h5-11,16,18,22H,4,12-15,17H2,1-3H3,(H,26,29). The number of benzene rings is 1.